The summed E-state index contributed by atoms with van der Waals surface area (Å²) in [5.41, 5.74) is 2.43. The third-order valence-electron chi connectivity index (χ3n) is 3.98. The van der Waals surface area contributed by atoms with Gasteiger partial charge in [-0.2, -0.15) is 0 Å². The van der Waals surface area contributed by atoms with E-state index in [4.69, 9.17) is 13.6 Å². The van der Waals surface area contributed by atoms with Gasteiger partial charge in [0, 0.05) is 10.9 Å². The molecule has 0 saturated heterocycles. The van der Waals surface area contributed by atoms with E-state index < -0.39 is 5.91 Å². The van der Waals surface area contributed by atoms with Gasteiger partial charge >= 0.3 is 6.01 Å². The Morgan fingerprint density at radius 1 is 1.11 bits per heavy atom. The maximum atomic E-state index is 12.5. The van der Waals surface area contributed by atoms with Crippen LogP contribution in [0.1, 0.15) is 23.0 Å². The molecule has 1 N–H and O–H groups in total. The summed E-state index contributed by atoms with van der Waals surface area (Å²) in [6, 6.07) is 14.8. The van der Waals surface area contributed by atoms with Crippen molar-refractivity contribution in [3.8, 4) is 17.2 Å². The first kappa shape index (κ1) is 16.8. The van der Waals surface area contributed by atoms with E-state index in [1.807, 2.05) is 50.2 Å². The van der Waals surface area contributed by atoms with Crippen LogP contribution in [0.3, 0.4) is 0 Å². The van der Waals surface area contributed by atoms with E-state index in [1.54, 1.807) is 12.1 Å². The molecule has 0 spiro atoms. The highest BCUT2D eigenvalue weighted by molar-refractivity contribution is 6.04. The molecule has 2 heterocycles. The highest BCUT2D eigenvalue weighted by Crippen LogP contribution is 2.29. The molecule has 0 aliphatic carbocycles. The van der Waals surface area contributed by atoms with Crippen LogP contribution >= 0.6 is 0 Å². The molecule has 7 nitrogen and oxygen atoms in total. The van der Waals surface area contributed by atoms with Gasteiger partial charge in [-0.25, -0.2) is 0 Å². The van der Waals surface area contributed by atoms with Crippen LogP contribution < -0.4 is 10.1 Å². The number of rotatable bonds is 5. The lowest BCUT2D eigenvalue weighted by Gasteiger charge is -2.02. The standard InChI is InChI=1S/C20H17N3O4/c1-3-25-15-6-4-5-14-11-16(26-17(14)15)18(24)21-20-23-22-19(27-20)13-9-7-12(2)8-10-13/h4-11H,3H2,1-2H3,(H,21,23,24). The van der Waals surface area contributed by atoms with Gasteiger partial charge in [-0.3, -0.25) is 10.1 Å². The number of benzene rings is 2. The molecule has 0 aliphatic rings. The van der Waals surface area contributed by atoms with Gasteiger partial charge in [0.15, 0.2) is 17.1 Å². The van der Waals surface area contributed by atoms with Gasteiger partial charge in [0.05, 0.1) is 6.61 Å². The molecule has 0 radical (unpaired) electrons. The third-order valence-corrected chi connectivity index (χ3v) is 3.98. The van der Waals surface area contributed by atoms with Crippen LogP contribution in [0.5, 0.6) is 5.75 Å². The van der Waals surface area contributed by atoms with Gasteiger partial charge in [0.2, 0.25) is 5.89 Å². The molecule has 7 heteroatoms. The highest BCUT2D eigenvalue weighted by atomic mass is 16.5. The molecule has 0 bridgehead atoms. The summed E-state index contributed by atoms with van der Waals surface area (Å²) in [7, 11) is 0. The summed E-state index contributed by atoms with van der Waals surface area (Å²) in [4.78, 5) is 12.5. The predicted molar refractivity (Wildman–Crippen MR) is 99.8 cm³/mol. The average Bonchev–Trinajstić information content (AvgIpc) is 3.30. The Hall–Kier alpha value is -3.61. The average molecular weight is 363 g/mol. The topological polar surface area (TPSA) is 90.4 Å². The quantitative estimate of drug-likeness (QED) is 0.564. The molecule has 0 saturated carbocycles. The molecule has 4 rings (SSSR count). The van der Waals surface area contributed by atoms with Crippen LogP contribution in [0, 0.1) is 6.92 Å². The molecular formula is C20H17N3O4. The molecule has 2 aromatic carbocycles. The summed E-state index contributed by atoms with van der Waals surface area (Å²) >= 11 is 0. The van der Waals surface area contributed by atoms with Gasteiger partial charge < -0.3 is 13.6 Å². The number of para-hydroxylation sites is 1. The van der Waals surface area contributed by atoms with Gasteiger partial charge in [0.25, 0.3) is 5.91 Å². The fraction of sp³-hybridized carbons (Fsp3) is 0.150. The van der Waals surface area contributed by atoms with Crippen molar-refractivity contribution in [2.75, 3.05) is 11.9 Å². The Morgan fingerprint density at radius 2 is 1.93 bits per heavy atom. The minimum atomic E-state index is -0.479. The van der Waals surface area contributed by atoms with Crippen LogP contribution in [-0.4, -0.2) is 22.7 Å². The maximum Gasteiger partial charge on any atom is 0.322 e. The van der Waals surface area contributed by atoms with Crippen molar-refractivity contribution in [3.63, 3.8) is 0 Å². The Kier molecular flexibility index (Phi) is 4.33. The first-order valence-corrected chi connectivity index (χ1v) is 8.51. The Morgan fingerprint density at radius 3 is 2.70 bits per heavy atom. The molecule has 0 atom stereocenters. The van der Waals surface area contributed by atoms with Crippen molar-refractivity contribution in [3.05, 3.63) is 59.9 Å². The molecule has 0 aliphatic heterocycles. The second kappa shape index (κ2) is 6.95. The third kappa shape index (κ3) is 3.39. The second-order valence-electron chi connectivity index (χ2n) is 5.95. The smallest absolute Gasteiger partial charge is 0.322 e. The Labute approximate surface area is 155 Å². The van der Waals surface area contributed by atoms with Crippen molar-refractivity contribution < 1.29 is 18.4 Å². The van der Waals surface area contributed by atoms with Crippen molar-refractivity contribution in [1.29, 1.82) is 0 Å². The molecule has 0 unspecified atom stereocenters. The summed E-state index contributed by atoms with van der Waals surface area (Å²) in [5, 5.41) is 11.2. The number of ether oxygens (including phenoxy) is 1. The zero-order valence-corrected chi connectivity index (χ0v) is 14.9. The SMILES string of the molecule is CCOc1cccc2cc(C(=O)Nc3nnc(-c4ccc(C)cc4)o3)oc12. The van der Waals surface area contributed by atoms with Gasteiger partial charge in [-0.05, 0) is 38.1 Å². The lowest BCUT2D eigenvalue weighted by Crippen LogP contribution is -2.10. The predicted octanol–water partition coefficient (Wildman–Crippen LogP) is 4.44. The number of aryl methyl sites for hydroxylation is 1. The molecule has 27 heavy (non-hydrogen) atoms. The number of hydrogen-bond donors (Lipinski definition) is 1. The van der Waals surface area contributed by atoms with E-state index >= 15 is 0 Å². The number of fused-ring (bicyclic) bond motifs is 1. The zero-order chi connectivity index (χ0) is 18.8. The number of nitrogens with one attached hydrogen (secondary N) is 1. The van der Waals surface area contributed by atoms with Crippen LogP contribution in [0.15, 0.2) is 57.4 Å². The van der Waals surface area contributed by atoms with Gasteiger partial charge in [-0.1, -0.05) is 34.9 Å². The second-order valence-corrected chi connectivity index (χ2v) is 5.95. The van der Waals surface area contributed by atoms with Crippen LogP contribution in [-0.2, 0) is 0 Å². The number of hydrogen-bond acceptors (Lipinski definition) is 6. The fourth-order valence-corrected chi connectivity index (χ4v) is 2.66. The highest BCUT2D eigenvalue weighted by Gasteiger charge is 2.18. The first-order valence-electron chi connectivity index (χ1n) is 8.51. The number of furan rings is 1. The fourth-order valence-electron chi connectivity index (χ4n) is 2.66. The lowest BCUT2D eigenvalue weighted by atomic mass is 10.1. The minimum absolute atomic E-state index is 0.000984. The van der Waals surface area contributed by atoms with Crippen LogP contribution in [0.2, 0.25) is 0 Å². The summed E-state index contributed by atoms with van der Waals surface area (Å²) < 4.78 is 16.7. The van der Waals surface area contributed by atoms with Crippen molar-refractivity contribution in [2.24, 2.45) is 0 Å². The van der Waals surface area contributed by atoms with E-state index in [2.05, 4.69) is 15.5 Å². The number of nitrogens with zero attached hydrogens (tertiary/aromatic N) is 2. The molecular weight excluding hydrogens is 346 g/mol. The monoisotopic (exact) mass is 363 g/mol. The molecule has 136 valence electrons. The van der Waals surface area contributed by atoms with E-state index in [0.717, 1.165) is 16.5 Å². The van der Waals surface area contributed by atoms with Crippen LogP contribution in [0.25, 0.3) is 22.4 Å². The summed E-state index contributed by atoms with van der Waals surface area (Å²) in [6.45, 7) is 4.38. The zero-order valence-electron chi connectivity index (χ0n) is 14.9. The minimum Gasteiger partial charge on any atom is -0.490 e. The Balaban J connectivity index is 1.55. The van der Waals surface area contributed by atoms with E-state index in [-0.39, 0.29) is 11.8 Å². The van der Waals surface area contributed by atoms with Gasteiger partial charge in [-0.15, -0.1) is 5.10 Å². The summed E-state index contributed by atoms with van der Waals surface area (Å²) in [5.74, 6) is 0.571. The largest absolute Gasteiger partial charge is 0.490 e. The lowest BCUT2D eigenvalue weighted by molar-refractivity contribution is 0.0995. The number of aromatic nitrogens is 2. The number of amides is 1. The van der Waals surface area contributed by atoms with Crippen molar-refractivity contribution >= 4 is 22.9 Å². The first-order chi connectivity index (χ1) is 13.1. The number of carbonyl (C=O) groups is 1. The van der Waals surface area contributed by atoms with Crippen molar-refractivity contribution in [1.82, 2.24) is 10.2 Å². The molecule has 0 fully saturated rings. The van der Waals surface area contributed by atoms with E-state index in [1.165, 1.54) is 0 Å². The molecule has 1 amide bonds. The van der Waals surface area contributed by atoms with Crippen molar-refractivity contribution in [2.45, 2.75) is 13.8 Å². The number of carbonyl (C=O) groups excluding carboxylic acids is 1. The molecule has 4 aromatic rings. The van der Waals surface area contributed by atoms with E-state index in [0.29, 0.717) is 23.8 Å². The normalized spacial score (nSPS) is 10.9. The maximum absolute atomic E-state index is 12.5. The molecule has 2 aromatic heterocycles. The van der Waals surface area contributed by atoms with Crippen LogP contribution in [0.4, 0.5) is 6.01 Å². The summed E-state index contributed by atoms with van der Waals surface area (Å²) in [6.07, 6.45) is 0. The van der Waals surface area contributed by atoms with E-state index in [9.17, 15) is 4.79 Å². The Bertz CT molecular complexity index is 1100. The number of anilines is 1. The van der Waals surface area contributed by atoms with Gasteiger partial charge in [0.1, 0.15) is 0 Å².